The summed E-state index contributed by atoms with van der Waals surface area (Å²) in [6, 6.07) is 11.9. The Kier molecular flexibility index (Phi) is 5.84. The fourth-order valence-corrected chi connectivity index (χ4v) is 3.74. The van der Waals surface area contributed by atoms with Gasteiger partial charge in [0.1, 0.15) is 17.5 Å². The normalized spacial score (nSPS) is 11.0. The molecule has 1 aromatic carbocycles. The number of nitrogens with zero attached hydrogens (tertiary/aromatic N) is 4. The number of H-pyrrole nitrogens is 1. The van der Waals surface area contributed by atoms with Crippen LogP contribution in [0.25, 0.3) is 22.3 Å². The maximum absolute atomic E-state index is 13.5. The first-order chi connectivity index (χ1) is 17.0. The number of fused-ring (bicyclic) bond motifs is 1. The summed E-state index contributed by atoms with van der Waals surface area (Å²) in [4.78, 5) is 41.4. The molecule has 0 bridgehead atoms. The maximum Gasteiger partial charge on any atom is 0.263 e. The Balaban J connectivity index is 1.32. The molecule has 5 aromatic rings. The number of benzene rings is 1. The first kappa shape index (κ1) is 22.1. The summed E-state index contributed by atoms with van der Waals surface area (Å²) in [5, 5.41) is 3.61. The van der Waals surface area contributed by atoms with Crippen molar-refractivity contribution in [3.63, 3.8) is 0 Å². The van der Waals surface area contributed by atoms with Crippen LogP contribution in [0.4, 0.5) is 8.78 Å². The van der Waals surface area contributed by atoms with Crippen LogP contribution in [0.1, 0.15) is 21.6 Å². The highest BCUT2D eigenvalue weighted by molar-refractivity contribution is 5.94. The number of amides is 1. The quantitative estimate of drug-likeness (QED) is 0.394. The Bertz CT molecular complexity index is 1610. The van der Waals surface area contributed by atoms with Gasteiger partial charge in [0.25, 0.3) is 11.5 Å². The molecule has 5 rings (SSSR count). The third kappa shape index (κ3) is 4.54. The number of aromatic nitrogens is 5. The van der Waals surface area contributed by atoms with E-state index < -0.39 is 23.1 Å². The zero-order valence-corrected chi connectivity index (χ0v) is 18.2. The molecule has 4 aromatic heterocycles. The van der Waals surface area contributed by atoms with E-state index in [1.54, 1.807) is 18.3 Å². The maximum atomic E-state index is 13.5. The van der Waals surface area contributed by atoms with E-state index in [2.05, 4.69) is 25.3 Å². The molecule has 0 saturated carbocycles. The van der Waals surface area contributed by atoms with E-state index in [0.717, 1.165) is 28.7 Å². The number of hydrogen-bond donors (Lipinski definition) is 2. The first-order valence-corrected chi connectivity index (χ1v) is 10.6. The molecule has 0 aliphatic heterocycles. The average molecular weight is 472 g/mol. The number of carbonyl (C=O) groups is 1. The van der Waals surface area contributed by atoms with Gasteiger partial charge < -0.3 is 14.9 Å². The lowest BCUT2D eigenvalue weighted by Crippen LogP contribution is -2.32. The summed E-state index contributed by atoms with van der Waals surface area (Å²) in [5.41, 5.74) is 2.57. The molecule has 0 fully saturated rings. The van der Waals surface area contributed by atoms with E-state index in [0.29, 0.717) is 17.0 Å². The van der Waals surface area contributed by atoms with E-state index in [4.69, 9.17) is 0 Å². The van der Waals surface area contributed by atoms with Crippen molar-refractivity contribution in [3.05, 3.63) is 112 Å². The van der Waals surface area contributed by atoms with E-state index in [9.17, 15) is 18.4 Å². The third-order valence-corrected chi connectivity index (χ3v) is 5.48. The van der Waals surface area contributed by atoms with Gasteiger partial charge in [0, 0.05) is 29.5 Å². The number of halogens is 2. The summed E-state index contributed by atoms with van der Waals surface area (Å²) >= 11 is 0. The van der Waals surface area contributed by atoms with Crippen molar-refractivity contribution in [2.24, 2.45) is 0 Å². The van der Waals surface area contributed by atoms with Crippen LogP contribution in [-0.2, 0) is 13.1 Å². The molecule has 0 saturated heterocycles. The van der Waals surface area contributed by atoms with Crippen LogP contribution in [0.3, 0.4) is 0 Å². The van der Waals surface area contributed by atoms with Crippen LogP contribution in [0.2, 0.25) is 0 Å². The van der Waals surface area contributed by atoms with Crippen LogP contribution in [0.15, 0.2) is 78.2 Å². The Labute approximate surface area is 197 Å². The van der Waals surface area contributed by atoms with Gasteiger partial charge in [-0.25, -0.2) is 23.7 Å². The smallest absolute Gasteiger partial charge is 0.263 e. The lowest BCUT2D eigenvalue weighted by atomic mass is 10.1. The first-order valence-electron chi connectivity index (χ1n) is 10.6. The van der Waals surface area contributed by atoms with Gasteiger partial charge in [-0.05, 0) is 48.0 Å². The molecule has 1 amide bonds. The summed E-state index contributed by atoms with van der Waals surface area (Å²) in [6.45, 7) is 0.0678. The van der Waals surface area contributed by atoms with E-state index in [1.807, 2.05) is 18.3 Å². The van der Waals surface area contributed by atoms with Gasteiger partial charge in [-0.3, -0.25) is 9.59 Å². The van der Waals surface area contributed by atoms with Gasteiger partial charge in [-0.15, -0.1) is 0 Å². The Morgan fingerprint density at radius 1 is 1.03 bits per heavy atom. The van der Waals surface area contributed by atoms with Gasteiger partial charge in [-0.2, -0.15) is 0 Å². The number of rotatable bonds is 6. The van der Waals surface area contributed by atoms with Gasteiger partial charge in [0.15, 0.2) is 11.6 Å². The molecule has 10 heteroatoms. The second-order valence-electron chi connectivity index (χ2n) is 7.78. The summed E-state index contributed by atoms with van der Waals surface area (Å²) in [7, 11) is 0. The predicted molar refractivity (Wildman–Crippen MR) is 124 cm³/mol. The molecular weight excluding hydrogens is 454 g/mol. The summed E-state index contributed by atoms with van der Waals surface area (Å²) in [5.74, 6) is -2.55. The molecule has 0 spiro atoms. The van der Waals surface area contributed by atoms with Gasteiger partial charge >= 0.3 is 0 Å². The van der Waals surface area contributed by atoms with Gasteiger partial charge in [-0.1, -0.05) is 6.07 Å². The molecule has 0 aliphatic carbocycles. The topological polar surface area (TPSA) is 106 Å². The zero-order chi connectivity index (χ0) is 24.4. The molecule has 8 nitrogen and oxygen atoms in total. The zero-order valence-electron chi connectivity index (χ0n) is 18.2. The second kappa shape index (κ2) is 9.26. The number of hydrogen-bond acceptors (Lipinski definition) is 5. The van der Waals surface area contributed by atoms with Crippen molar-refractivity contribution in [2.45, 2.75) is 13.1 Å². The summed E-state index contributed by atoms with van der Waals surface area (Å²) < 4.78 is 27.9. The molecule has 35 heavy (non-hydrogen) atoms. The van der Waals surface area contributed by atoms with Crippen molar-refractivity contribution in [1.82, 2.24) is 29.8 Å². The van der Waals surface area contributed by atoms with E-state index in [1.165, 1.54) is 29.2 Å². The van der Waals surface area contributed by atoms with Crippen LogP contribution >= 0.6 is 0 Å². The minimum absolute atomic E-state index is 0.00803. The lowest BCUT2D eigenvalue weighted by molar-refractivity contribution is 0.0948. The van der Waals surface area contributed by atoms with E-state index >= 15 is 0 Å². The number of nitrogens with one attached hydrogen (secondary N) is 2. The molecule has 0 atom stereocenters. The SMILES string of the molecule is O=C(NCc1cc(-c2c[nH]c3ncccc23)ncn1)c1cccn(Cc2ccc(F)c(F)c2)c1=O. The van der Waals surface area contributed by atoms with Crippen molar-refractivity contribution >= 4 is 16.9 Å². The molecule has 4 heterocycles. The monoisotopic (exact) mass is 472 g/mol. The van der Waals surface area contributed by atoms with Gasteiger partial charge in [0.05, 0.1) is 24.5 Å². The van der Waals surface area contributed by atoms with Crippen LogP contribution in [0, 0.1) is 11.6 Å². The van der Waals surface area contributed by atoms with Gasteiger partial charge in [0.2, 0.25) is 0 Å². The molecule has 0 unspecified atom stereocenters. The number of aromatic amines is 1. The second-order valence-corrected chi connectivity index (χ2v) is 7.78. The van der Waals surface area contributed by atoms with Crippen molar-refractivity contribution in [3.8, 4) is 11.3 Å². The van der Waals surface area contributed by atoms with Crippen molar-refractivity contribution in [2.75, 3.05) is 0 Å². The molecule has 2 N–H and O–H groups in total. The number of carbonyl (C=O) groups excluding carboxylic acids is 1. The highest BCUT2D eigenvalue weighted by Gasteiger charge is 2.14. The van der Waals surface area contributed by atoms with Crippen LogP contribution < -0.4 is 10.9 Å². The Hall–Kier alpha value is -4.73. The standard InChI is InChI=1S/C25H18F2N6O2/c26-20-6-5-15(9-21(20)27)13-33-8-2-4-18(25(33)35)24(34)30-11-16-10-22(32-14-31-16)19-12-29-23-17(19)3-1-7-28-23/h1-10,12,14H,11,13H2,(H,28,29)(H,30,34). The predicted octanol–water partition coefficient (Wildman–Crippen LogP) is 3.44. The largest absolute Gasteiger partial charge is 0.346 e. The van der Waals surface area contributed by atoms with E-state index in [-0.39, 0.29) is 18.7 Å². The Morgan fingerprint density at radius 2 is 1.91 bits per heavy atom. The minimum Gasteiger partial charge on any atom is -0.346 e. The Morgan fingerprint density at radius 3 is 2.77 bits per heavy atom. The summed E-state index contributed by atoms with van der Waals surface area (Å²) in [6.07, 6.45) is 6.39. The average Bonchev–Trinajstić information content (AvgIpc) is 3.30. The molecule has 0 radical (unpaired) electrons. The van der Waals surface area contributed by atoms with Crippen LogP contribution in [0.5, 0.6) is 0 Å². The van der Waals surface area contributed by atoms with Crippen molar-refractivity contribution in [1.29, 1.82) is 0 Å². The number of pyridine rings is 2. The highest BCUT2D eigenvalue weighted by Crippen LogP contribution is 2.25. The molecule has 0 aliphatic rings. The highest BCUT2D eigenvalue weighted by atomic mass is 19.2. The lowest BCUT2D eigenvalue weighted by Gasteiger charge is -2.09. The van der Waals surface area contributed by atoms with Crippen molar-refractivity contribution < 1.29 is 13.6 Å². The fraction of sp³-hybridized carbons (Fsp3) is 0.0800. The molecule has 174 valence electrons. The third-order valence-electron chi connectivity index (χ3n) is 5.48. The fourth-order valence-electron chi connectivity index (χ4n) is 3.74. The van der Waals surface area contributed by atoms with Crippen LogP contribution in [-0.4, -0.2) is 30.4 Å². The minimum atomic E-state index is -1.00. The molecular formula is C25H18F2N6O2.